The topological polar surface area (TPSA) is 81.1 Å². The summed E-state index contributed by atoms with van der Waals surface area (Å²) in [5, 5.41) is 10.8. The van der Waals surface area contributed by atoms with E-state index in [9.17, 15) is 4.79 Å². The molecule has 7 nitrogen and oxygen atoms in total. The van der Waals surface area contributed by atoms with Crippen molar-refractivity contribution in [2.24, 2.45) is 0 Å². The van der Waals surface area contributed by atoms with Gasteiger partial charge >= 0.3 is 6.03 Å². The van der Waals surface area contributed by atoms with Crippen LogP contribution in [0.2, 0.25) is 0 Å². The predicted octanol–water partition coefficient (Wildman–Crippen LogP) is 2.88. The maximum absolute atomic E-state index is 12.6. The minimum Gasteiger partial charge on any atom is -0.367 e. The van der Waals surface area contributed by atoms with Crippen molar-refractivity contribution in [1.29, 1.82) is 0 Å². The Bertz CT molecular complexity index is 650. The molecule has 2 N–H and O–H groups in total. The molecule has 1 aromatic rings. The van der Waals surface area contributed by atoms with E-state index >= 15 is 0 Å². The fraction of sp³-hybridized carbons (Fsp3) is 0.833. The van der Waals surface area contributed by atoms with E-state index in [1.165, 1.54) is 0 Å². The van der Waals surface area contributed by atoms with Gasteiger partial charge < -0.3 is 15.4 Å². The summed E-state index contributed by atoms with van der Waals surface area (Å²) in [6.45, 7) is 13.2. The molecule has 0 saturated carbocycles. The number of nitrogens with one attached hydrogen (secondary N) is 2. The number of carbonyl (C=O) groups is 1. The highest BCUT2D eigenvalue weighted by Gasteiger charge is 2.46. The Morgan fingerprint density at radius 3 is 2.60 bits per heavy atom. The molecule has 1 saturated heterocycles. The second kappa shape index (κ2) is 6.27. The lowest BCUT2D eigenvalue weighted by Crippen LogP contribution is -2.50. The molecule has 0 bridgehead atoms. The predicted molar refractivity (Wildman–Crippen MR) is 95.4 cm³/mol. The zero-order valence-corrected chi connectivity index (χ0v) is 16.2. The Hall–Kier alpha value is -1.63. The fourth-order valence-corrected chi connectivity index (χ4v) is 3.90. The van der Waals surface area contributed by atoms with Gasteiger partial charge in [0.05, 0.1) is 23.3 Å². The van der Waals surface area contributed by atoms with Crippen LogP contribution in [-0.4, -0.2) is 38.0 Å². The average molecular weight is 349 g/mol. The molecule has 0 spiro atoms. The summed E-state index contributed by atoms with van der Waals surface area (Å²) in [6.07, 6.45) is 2.68. The highest BCUT2D eigenvalue weighted by molar-refractivity contribution is 5.75. The number of aryl methyl sites for hydroxylation is 1. The Labute approximate surface area is 149 Å². The summed E-state index contributed by atoms with van der Waals surface area (Å²) < 4.78 is 8.00. The standard InChI is InChI=1S/C18H31N5O2/c1-11(2)14-21-15-12(8-7-9-23(15)22-14)19-16(24)20-13-10-17(3,4)25-18(13,5)6/h11-13H,7-10H2,1-6H3,(H2,19,20,24). The largest absolute Gasteiger partial charge is 0.367 e. The highest BCUT2D eigenvalue weighted by Crippen LogP contribution is 2.37. The quantitative estimate of drug-likeness (QED) is 0.879. The number of aromatic nitrogens is 3. The van der Waals surface area contributed by atoms with E-state index in [1.807, 2.05) is 18.5 Å². The molecular weight excluding hydrogens is 318 g/mol. The third-order valence-corrected chi connectivity index (χ3v) is 5.09. The molecular formula is C18H31N5O2. The molecule has 2 amide bonds. The normalized spacial score (nSPS) is 27.2. The lowest BCUT2D eigenvalue weighted by molar-refractivity contribution is -0.0691. The van der Waals surface area contributed by atoms with E-state index in [2.05, 4.69) is 48.4 Å². The summed E-state index contributed by atoms with van der Waals surface area (Å²) in [7, 11) is 0. The summed E-state index contributed by atoms with van der Waals surface area (Å²) in [4.78, 5) is 17.2. The second-order valence-corrected chi connectivity index (χ2v) is 8.74. The smallest absolute Gasteiger partial charge is 0.315 e. The van der Waals surface area contributed by atoms with Gasteiger partial charge in [0.1, 0.15) is 5.82 Å². The fourth-order valence-electron chi connectivity index (χ4n) is 3.90. The molecule has 140 valence electrons. The van der Waals surface area contributed by atoms with Crippen LogP contribution in [0.15, 0.2) is 0 Å². The Balaban J connectivity index is 1.67. The molecule has 2 atom stereocenters. The van der Waals surface area contributed by atoms with Gasteiger partial charge in [0, 0.05) is 12.5 Å². The third-order valence-electron chi connectivity index (χ3n) is 5.09. The maximum Gasteiger partial charge on any atom is 0.315 e. The van der Waals surface area contributed by atoms with Crippen LogP contribution in [0.25, 0.3) is 0 Å². The minimum atomic E-state index is -0.377. The summed E-state index contributed by atoms with van der Waals surface area (Å²) >= 11 is 0. The first-order valence-corrected chi connectivity index (χ1v) is 9.29. The van der Waals surface area contributed by atoms with Crippen molar-refractivity contribution in [2.75, 3.05) is 0 Å². The summed E-state index contributed by atoms with van der Waals surface area (Å²) in [5.41, 5.74) is -0.600. The van der Waals surface area contributed by atoms with Crippen LogP contribution in [0, 0.1) is 0 Å². The number of urea groups is 1. The van der Waals surface area contributed by atoms with E-state index in [4.69, 9.17) is 4.74 Å². The Morgan fingerprint density at radius 1 is 1.28 bits per heavy atom. The van der Waals surface area contributed by atoms with Gasteiger partial charge in [-0.25, -0.2) is 14.5 Å². The number of amides is 2. The van der Waals surface area contributed by atoms with Crippen LogP contribution in [0.3, 0.4) is 0 Å². The monoisotopic (exact) mass is 349 g/mol. The summed E-state index contributed by atoms with van der Waals surface area (Å²) in [5.74, 6) is 2.00. The number of hydrogen-bond acceptors (Lipinski definition) is 4. The average Bonchev–Trinajstić information content (AvgIpc) is 2.98. The van der Waals surface area contributed by atoms with Crippen molar-refractivity contribution in [3.63, 3.8) is 0 Å². The lowest BCUT2D eigenvalue weighted by Gasteiger charge is -2.29. The number of carbonyl (C=O) groups excluding carboxylic acids is 1. The molecule has 0 aliphatic carbocycles. The maximum atomic E-state index is 12.6. The first-order valence-electron chi connectivity index (χ1n) is 9.29. The SMILES string of the molecule is CC(C)c1nc2n(n1)CCCC2NC(=O)NC1CC(C)(C)OC1(C)C. The third kappa shape index (κ3) is 3.81. The molecule has 1 aromatic heterocycles. The van der Waals surface area contributed by atoms with E-state index in [1.54, 1.807) is 0 Å². The second-order valence-electron chi connectivity index (χ2n) is 8.74. The zero-order valence-electron chi connectivity index (χ0n) is 16.2. The number of nitrogens with zero attached hydrogens (tertiary/aromatic N) is 3. The van der Waals surface area contributed by atoms with E-state index in [0.717, 1.165) is 37.5 Å². The van der Waals surface area contributed by atoms with Gasteiger partial charge in [-0.15, -0.1) is 0 Å². The van der Waals surface area contributed by atoms with Crippen LogP contribution < -0.4 is 10.6 Å². The van der Waals surface area contributed by atoms with Gasteiger partial charge in [-0.05, 0) is 47.0 Å². The molecule has 3 rings (SSSR count). The Kier molecular flexibility index (Phi) is 4.56. The molecule has 3 heterocycles. The first kappa shape index (κ1) is 18.2. The van der Waals surface area contributed by atoms with Gasteiger partial charge in [-0.3, -0.25) is 0 Å². The zero-order chi connectivity index (χ0) is 18.4. The number of rotatable bonds is 3. The van der Waals surface area contributed by atoms with Gasteiger partial charge in [-0.2, -0.15) is 5.10 Å². The van der Waals surface area contributed by atoms with Crippen molar-refractivity contribution in [3.8, 4) is 0 Å². The molecule has 1 fully saturated rings. The van der Waals surface area contributed by atoms with Crippen LogP contribution in [-0.2, 0) is 11.3 Å². The van der Waals surface area contributed by atoms with Crippen LogP contribution >= 0.6 is 0 Å². The lowest BCUT2D eigenvalue weighted by atomic mass is 9.94. The van der Waals surface area contributed by atoms with E-state index in [0.29, 0.717) is 0 Å². The van der Waals surface area contributed by atoms with Crippen LogP contribution in [0.5, 0.6) is 0 Å². The van der Waals surface area contributed by atoms with Crippen molar-refractivity contribution in [3.05, 3.63) is 11.6 Å². The first-order chi connectivity index (χ1) is 11.6. The van der Waals surface area contributed by atoms with Gasteiger partial charge in [0.15, 0.2) is 5.82 Å². The van der Waals surface area contributed by atoms with Crippen molar-refractivity contribution in [2.45, 2.75) is 96.6 Å². The van der Waals surface area contributed by atoms with Crippen LogP contribution in [0.4, 0.5) is 4.79 Å². The van der Waals surface area contributed by atoms with Crippen molar-refractivity contribution < 1.29 is 9.53 Å². The molecule has 2 unspecified atom stereocenters. The molecule has 0 aromatic carbocycles. The Morgan fingerprint density at radius 2 is 2.00 bits per heavy atom. The minimum absolute atomic E-state index is 0.0183. The molecule has 25 heavy (non-hydrogen) atoms. The van der Waals surface area contributed by atoms with Gasteiger partial charge in [-0.1, -0.05) is 13.8 Å². The molecule has 2 aliphatic rings. The number of hydrogen-bond donors (Lipinski definition) is 2. The van der Waals surface area contributed by atoms with Crippen molar-refractivity contribution in [1.82, 2.24) is 25.4 Å². The van der Waals surface area contributed by atoms with Crippen molar-refractivity contribution >= 4 is 6.03 Å². The number of fused-ring (bicyclic) bond motifs is 1. The summed E-state index contributed by atoms with van der Waals surface area (Å²) in [6, 6.07) is -0.269. The highest BCUT2D eigenvalue weighted by atomic mass is 16.5. The molecule has 2 aliphatic heterocycles. The molecule has 0 radical (unpaired) electrons. The van der Waals surface area contributed by atoms with Gasteiger partial charge in [0.25, 0.3) is 0 Å². The van der Waals surface area contributed by atoms with Gasteiger partial charge in [0.2, 0.25) is 0 Å². The van der Waals surface area contributed by atoms with Crippen LogP contribution in [0.1, 0.15) is 84.4 Å². The van der Waals surface area contributed by atoms with E-state index < -0.39 is 0 Å². The molecule has 7 heteroatoms. The number of ether oxygens (including phenoxy) is 1. The van der Waals surface area contributed by atoms with E-state index in [-0.39, 0.29) is 35.2 Å².